The molecule has 0 aliphatic carbocycles. The zero-order valence-corrected chi connectivity index (χ0v) is 14.0. The summed E-state index contributed by atoms with van der Waals surface area (Å²) in [6.45, 7) is 7.91. The molecule has 20 heavy (non-hydrogen) atoms. The maximum Gasteiger partial charge on any atom is 0.0406 e. The van der Waals surface area contributed by atoms with E-state index in [2.05, 4.69) is 48.0 Å². The van der Waals surface area contributed by atoms with Crippen molar-refractivity contribution in [2.45, 2.75) is 32.4 Å². The first kappa shape index (κ1) is 16.2. The van der Waals surface area contributed by atoms with Gasteiger partial charge in [0.15, 0.2) is 0 Å². The molecule has 2 atom stereocenters. The predicted molar refractivity (Wildman–Crippen MR) is 90.8 cm³/mol. The van der Waals surface area contributed by atoms with Crippen LogP contribution in [0.25, 0.3) is 0 Å². The van der Waals surface area contributed by atoms with Crippen molar-refractivity contribution in [2.75, 3.05) is 31.1 Å². The van der Waals surface area contributed by atoms with Gasteiger partial charge in [-0.3, -0.25) is 4.90 Å². The van der Waals surface area contributed by atoms with Gasteiger partial charge in [0.05, 0.1) is 0 Å². The molecule has 1 aliphatic rings. The van der Waals surface area contributed by atoms with Crippen LogP contribution in [0.3, 0.4) is 0 Å². The summed E-state index contributed by atoms with van der Waals surface area (Å²) >= 11 is 8.06. The standard InChI is InChI=1S/C16H25ClN2S/c1-3-18-16(14-4-6-15(17)7-5-14)8-9-19-10-11-20-12-13(19)2/h4-7,13,16,18H,3,8-12H2,1-2H3. The molecule has 0 amide bonds. The number of benzene rings is 1. The fourth-order valence-corrected chi connectivity index (χ4v) is 3.92. The quantitative estimate of drug-likeness (QED) is 0.859. The molecular formula is C16H25ClN2S. The number of hydrogen-bond donors (Lipinski definition) is 1. The third-order valence-corrected chi connectivity index (χ3v) is 5.37. The Kier molecular flexibility index (Phi) is 6.69. The Morgan fingerprint density at radius 3 is 2.80 bits per heavy atom. The van der Waals surface area contributed by atoms with Crippen molar-refractivity contribution in [3.8, 4) is 0 Å². The van der Waals surface area contributed by atoms with Crippen molar-refractivity contribution in [3.63, 3.8) is 0 Å². The fraction of sp³-hybridized carbons (Fsp3) is 0.625. The molecule has 4 heteroatoms. The summed E-state index contributed by atoms with van der Waals surface area (Å²) in [6, 6.07) is 9.40. The summed E-state index contributed by atoms with van der Waals surface area (Å²) in [5.41, 5.74) is 1.34. The third-order valence-electron chi connectivity index (χ3n) is 3.93. The Hall–Kier alpha value is -0.220. The lowest BCUT2D eigenvalue weighted by atomic mass is 10.0. The molecule has 112 valence electrons. The minimum Gasteiger partial charge on any atom is -0.310 e. The number of nitrogens with zero attached hydrogens (tertiary/aromatic N) is 1. The van der Waals surface area contributed by atoms with Crippen LogP contribution in [-0.2, 0) is 0 Å². The molecule has 0 saturated carbocycles. The van der Waals surface area contributed by atoms with E-state index in [1.54, 1.807) is 0 Å². The molecule has 1 aromatic carbocycles. The van der Waals surface area contributed by atoms with Crippen LogP contribution in [0, 0.1) is 0 Å². The molecule has 2 rings (SSSR count). The zero-order chi connectivity index (χ0) is 14.4. The first-order valence-electron chi connectivity index (χ1n) is 7.51. The molecule has 1 N–H and O–H groups in total. The molecule has 2 unspecified atom stereocenters. The highest BCUT2D eigenvalue weighted by atomic mass is 35.5. The molecule has 1 aromatic rings. The van der Waals surface area contributed by atoms with Gasteiger partial charge >= 0.3 is 0 Å². The smallest absolute Gasteiger partial charge is 0.0406 e. The lowest BCUT2D eigenvalue weighted by molar-refractivity contribution is 0.219. The maximum absolute atomic E-state index is 5.98. The van der Waals surface area contributed by atoms with E-state index in [-0.39, 0.29) is 0 Å². The van der Waals surface area contributed by atoms with Crippen LogP contribution in [0.15, 0.2) is 24.3 Å². The van der Waals surface area contributed by atoms with Crippen molar-refractivity contribution >= 4 is 23.4 Å². The van der Waals surface area contributed by atoms with E-state index < -0.39 is 0 Å². The van der Waals surface area contributed by atoms with Gasteiger partial charge in [-0.2, -0.15) is 11.8 Å². The van der Waals surface area contributed by atoms with Crippen molar-refractivity contribution in [1.82, 2.24) is 10.2 Å². The lowest BCUT2D eigenvalue weighted by Gasteiger charge is -2.34. The van der Waals surface area contributed by atoms with Gasteiger partial charge in [0.2, 0.25) is 0 Å². The Labute approximate surface area is 132 Å². The molecule has 0 radical (unpaired) electrons. The summed E-state index contributed by atoms with van der Waals surface area (Å²) in [4.78, 5) is 2.62. The Balaban J connectivity index is 1.93. The molecular weight excluding hydrogens is 288 g/mol. The van der Waals surface area contributed by atoms with Gasteiger partial charge in [0.1, 0.15) is 0 Å². The Morgan fingerprint density at radius 1 is 1.40 bits per heavy atom. The second-order valence-corrected chi connectivity index (χ2v) is 7.00. The van der Waals surface area contributed by atoms with E-state index in [0.29, 0.717) is 12.1 Å². The van der Waals surface area contributed by atoms with E-state index in [1.165, 1.54) is 30.2 Å². The molecule has 0 spiro atoms. The average Bonchev–Trinajstić information content (AvgIpc) is 2.46. The SMILES string of the molecule is CCNC(CCN1CCSCC1C)c1ccc(Cl)cc1. The minimum atomic E-state index is 0.430. The van der Waals surface area contributed by atoms with Gasteiger partial charge in [0, 0.05) is 41.7 Å². The molecule has 1 fully saturated rings. The molecule has 1 aliphatic heterocycles. The van der Waals surface area contributed by atoms with Gasteiger partial charge in [-0.25, -0.2) is 0 Å². The summed E-state index contributed by atoms with van der Waals surface area (Å²) < 4.78 is 0. The van der Waals surface area contributed by atoms with E-state index in [0.717, 1.165) is 18.0 Å². The summed E-state index contributed by atoms with van der Waals surface area (Å²) in [7, 11) is 0. The highest BCUT2D eigenvalue weighted by Crippen LogP contribution is 2.22. The van der Waals surface area contributed by atoms with Gasteiger partial charge in [0.25, 0.3) is 0 Å². The molecule has 0 bridgehead atoms. The van der Waals surface area contributed by atoms with Gasteiger partial charge in [-0.15, -0.1) is 0 Å². The fourth-order valence-electron chi connectivity index (χ4n) is 2.72. The maximum atomic E-state index is 5.98. The van der Waals surface area contributed by atoms with E-state index in [9.17, 15) is 0 Å². The number of hydrogen-bond acceptors (Lipinski definition) is 3. The molecule has 0 aromatic heterocycles. The Bertz CT molecular complexity index is 396. The van der Waals surface area contributed by atoms with E-state index in [1.807, 2.05) is 12.1 Å². The minimum absolute atomic E-state index is 0.430. The third kappa shape index (κ3) is 4.66. The van der Waals surface area contributed by atoms with Crippen molar-refractivity contribution in [1.29, 1.82) is 0 Å². The van der Waals surface area contributed by atoms with Crippen molar-refractivity contribution in [2.24, 2.45) is 0 Å². The summed E-state index contributed by atoms with van der Waals surface area (Å²) in [5, 5.41) is 4.41. The van der Waals surface area contributed by atoms with Crippen LogP contribution in [0.2, 0.25) is 5.02 Å². The van der Waals surface area contributed by atoms with Crippen LogP contribution in [0.1, 0.15) is 31.9 Å². The molecule has 2 nitrogen and oxygen atoms in total. The zero-order valence-electron chi connectivity index (χ0n) is 12.4. The summed E-state index contributed by atoms with van der Waals surface area (Å²) in [6.07, 6.45) is 1.16. The van der Waals surface area contributed by atoms with Crippen LogP contribution in [0.5, 0.6) is 0 Å². The number of rotatable bonds is 6. The average molecular weight is 313 g/mol. The van der Waals surface area contributed by atoms with Crippen LogP contribution in [-0.4, -0.2) is 42.1 Å². The lowest BCUT2D eigenvalue weighted by Crippen LogP contribution is -2.41. The first-order valence-corrected chi connectivity index (χ1v) is 9.04. The number of halogens is 1. The second kappa shape index (κ2) is 8.28. The number of nitrogens with one attached hydrogen (secondary N) is 1. The van der Waals surface area contributed by atoms with E-state index in [4.69, 9.17) is 11.6 Å². The Morgan fingerprint density at radius 2 is 2.15 bits per heavy atom. The van der Waals surface area contributed by atoms with Gasteiger partial charge in [-0.1, -0.05) is 30.7 Å². The second-order valence-electron chi connectivity index (χ2n) is 5.41. The molecule has 1 heterocycles. The largest absolute Gasteiger partial charge is 0.310 e. The van der Waals surface area contributed by atoms with Crippen LogP contribution >= 0.6 is 23.4 Å². The normalized spacial score (nSPS) is 21.9. The van der Waals surface area contributed by atoms with E-state index >= 15 is 0 Å². The summed E-state index contributed by atoms with van der Waals surface area (Å²) in [5.74, 6) is 2.55. The monoisotopic (exact) mass is 312 g/mol. The number of thioether (sulfide) groups is 1. The highest BCUT2D eigenvalue weighted by molar-refractivity contribution is 7.99. The topological polar surface area (TPSA) is 15.3 Å². The van der Waals surface area contributed by atoms with Crippen molar-refractivity contribution in [3.05, 3.63) is 34.9 Å². The van der Waals surface area contributed by atoms with Gasteiger partial charge < -0.3 is 5.32 Å². The van der Waals surface area contributed by atoms with Crippen LogP contribution < -0.4 is 5.32 Å². The van der Waals surface area contributed by atoms with Crippen molar-refractivity contribution < 1.29 is 0 Å². The highest BCUT2D eigenvalue weighted by Gasteiger charge is 2.20. The first-order chi connectivity index (χ1) is 9.70. The van der Waals surface area contributed by atoms with Gasteiger partial charge in [-0.05, 0) is 37.6 Å². The predicted octanol–water partition coefficient (Wildman–Crippen LogP) is 3.82. The molecule has 1 saturated heterocycles. The van der Waals surface area contributed by atoms with Crippen LogP contribution in [0.4, 0.5) is 0 Å².